The van der Waals surface area contributed by atoms with Crippen molar-refractivity contribution in [2.75, 3.05) is 25.1 Å². The van der Waals surface area contributed by atoms with E-state index in [9.17, 15) is 8.42 Å². The molecule has 1 atom stereocenters. The van der Waals surface area contributed by atoms with Gasteiger partial charge in [-0.15, -0.1) is 0 Å². The molecule has 23 heavy (non-hydrogen) atoms. The molecular weight excluding hydrogens is 314 g/mol. The Morgan fingerprint density at radius 1 is 1.04 bits per heavy atom. The molecule has 6 heteroatoms. The van der Waals surface area contributed by atoms with E-state index in [1.165, 1.54) is 4.31 Å². The zero-order chi connectivity index (χ0) is 16.4. The Balaban J connectivity index is 2.03. The first-order valence-corrected chi connectivity index (χ1v) is 8.80. The van der Waals surface area contributed by atoms with Crippen molar-refractivity contribution in [3.8, 4) is 5.75 Å². The van der Waals surface area contributed by atoms with Gasteiger partial charge in [0.15, 0.2) is 0 Å². The second-order valence-corrected chi connectivity index (χ2v) is 7.19. The van der Waals surface area contributed by atoms with Gasteiger partial charge < -0.3 is 9.47 Å². The van der Waals surface area contributed by atoms with Crippen LogP contribution in [0.1, 0.15) is 18.1 Å². The van der Waals surface area contributed by atoms with Crippen molar-refractivity contribution in [1.82, 2.24) is 0 Å². The summed E-state index contributed by atoms with van der Waals surface area (Å²) in [5.74, 6) is 0.627. The van der Waals surface area contributed by atoms with Crippen LogP contribution in [0.25, 0.3) is 0 Å². The molecule has 0 saturated heterocycles. The Morgan fingerprint density at radius 2 is 1.74 bits per heavy atom. The average molecular weight is 333 g/mol. The van der Waals surface area contributed by atoms with E-state index in [1.54, 1.807) is 38.5 Å². The van der Waals surface area contributed by atoms with Gasteiger partial charge in [-0.1, -0.05) is 18.2 Å². The van der Waals surface area contributed by atoms with E-state index in [2.05, 4.69) is 0 Å². The number of fused-ring (bicyclic) bond motifs is 1. The van der Waals surface area contributed by atoms with Crippen molar-refractivity contribution in [1.29, 1.82) is 0 Å². The Kier molecular flexibility index (Phi) is 4.28. The van der Waals surface area contributed by atoms with Crippen LogP contribution in [0, 0.1) is 0 Å². The molecule has 0 aromatic heterocycles. The van der Waals surface area contributed by atoms with Gasteiger partial charge in [-0.3, -0.25) is 4.31 Å². The summed E-state index contributed by atoms with van der Waals surface area (Å²) >= 11 is 0. The van der Waals surface area contributed by atoms with Crippen LogP contribution in [0.3, 0.4) is 0 Å². The number of anilines is 1. The fourth-order valence-electron chi connectivity index (χ4n) is 2.87. The molecule has 1 aliphatic heterocycles. The van der Waals surface area contributed by atoms with Crippen LogP contribution in [-0.4, -0.2) is 29.2 Å². The van der Waals surface area contributed by atoms with Crippen molar-refractivity contribution in [3.63, 3.8) is 0 Å². The van der Waals surface area contributed by atoms with E-state index in [-0.39, 0.29) is 11.0 Å². The van der Waals surface area contributed by atoms with E-state index in [4.69, 9.17) is 9.47 Å². The molecule has 0 fully saturated rings. The smallest absolute Gasteiger partial charge is 0.264 e. The first-order chi connectivity index (χ1) is 11.1. The number of para-hydroxylation sites is 1. The maximum atomic E-state index is 13.0. The molecule has 0 spiro atoms. The van der Waals surface area contributed by atoms with E-state index in [1.807, 2.05) is 24.3 Å². The third kappa shape index (κ3) is 2.80. The highest BCUT2D eigenvalue weighted by Crippen LogP contribution is 2.38. The van der Waals surface area contributed by atoms with Gasteiger partial charge in [-0.05, 0) is 36.8 Å². The topological polar surface area (TPSA) is 55.8 Å². The van der Waals surface area contributed by atoms with Gasteiger partial charge in [0.05, 0.1) is 23.8 Å². The van der Waals surface area contributed by atoms with Gasteiger partial charge >= 0.3 is 0 Å². The highest BCUT2D eigenvalue weighted by molar-refractivity contribution is 7.92. The number of methoxy groups -OCH3 is 2. The van der Waals surface area contributed by atoms with Gasteiger partial charge in [-0.2, -0.15) is 0 Å². The average Bonchev–Trinajstić information content (AvgIpc) is 2.60. The maximum Gasteiger partial charge on any atom is 0.264 e. The van der Waals surface area contributed by atoms with Crippen molar-refractivity contribution in [2.24, 2.45) is 0 Å². The van der Waals surface area contributed by atoms with E-state index in [0.717, 1.165) is 5.56 Å². The Morgan fingerprint density at radius 3 is 2.39 bits per heavy atom. The van der Waals surface area contributed by atoms with Crippen LogP contribution in [0.4, 0.5) is 5.69 Å². The molecule has 2 aromatic carbocycles. The summed E-state index contributed by atoms with van der Waals surface area (Å²) in [6.07, 6.45) is 0.552. The van der Waals surface area contributed by atoms with Crippen molar-refractivity contribution in [3.05, 3.63) is 54.1 Å². The fraction of sp³-hybridized carbons (Fsp3) is 0.294. The molecule has 0 aliphatic carbocycles. The largest absolute Gasteiger partial charge is 0.497 e. The zero-order valence-electron chi connectivity index (χ0n) is 13.1. The number of ether oxygens (including phenoxy) is 2. The normalized spacial score (nSPS) is 17.7. The molecule has 0 radical (unpaired) electrons. The minimum absolute atomic E-state index is 0.0754. The number of nitrogens with zero attached hydrogens (tertiary/aromatic N) is 1. The first kappa shape index (κ1) is 15.8. The monoisotopic (exact) mass is 333 g/mol. The molecule has 122 valence electrons. The van der Waals surface area contributed by atoms with E-state index < -0.39 is 10.0 Å². The lowest BCUT2D eigenvalue weighted by atomic mass is 10.0. The van der Waals surface area contributed by atoms with Crippen LogP contribution in [0.2, 0.25) is 0 Å². The lowest BCUT2D eigenvalue weighted by molar-refractivity contribution is 0.0951. The molecule has 0 bridgehead atoms. The summed E-state index contributed by atoms with van der Waals surface area (Å²) in [5.41, 5.74) is 1.58. The molecule has 0 amide bonds. The summed E-state index contributed by atoms with van der Waals surface area (Å²) < 4.78 is 38.0. The van der Waals surface area contributed by atoms with Gasteiger partial charge in [0, 0.05) is 19.2 Å². The zero-order valence-corrected chi connectivity index (χ0v) is 13.9. The summed E-state index contributed by atoms with van der Waals surface area (Å²) in [6.45, 7) is 0.393. The van der Waals surface area contributed by atoms with Gasteiger partial charge in [0.2, 0.25) is 0 Å². The Bertz CT molecular complexity index is 786. The van der Waals surface area contributed by atoms with Crippen LogP contribution in [-0.2, 0) is 14.8 Å². The molecule has 1 aliphatic rings. The second-order valence-electron chi connectivity index (χ2n) is 5.32. The predicted molar refractivity (Wildman–Crippen MR) is 88.3 cm³/mol. The van der Waals surface area contributed by atoms with Crippen molar-refractivity contribution in [2.45, 2.75) is 17.4 Å². The van der Waals surface area contributed by atoms with Crippen LogP contribution >= 0.6 is 0 Å². The van der Waals surface area contributed by atoms with Crippen LogP contribution in [0.15, 0.2) is 53.4 Å². The first-order valence-electron chi connectivity index (χ1n) is 7.36. The maximum absolute atomic E-state index is 13.0. The molecule has 2 aromatic rings. The van der Waals surface area contributed by atoms with Crippen LogP contribution < -0.4 is 9.04 Å². The summed E-state index contributed by atoms with van der Waals surface area (Å²) in [7, 11) is -0.411. The van der Waals surface area contributed by atoms with Crippen LogP contribution in [0.5, 0.6) is 5.75 Å². The highest BCUT2D eigenvalue weighted by atomic mass is 32.2. The van der Waals surface area contributed by atoms with Gasteiger partial charge in [-0.25, -0.2) is 8.42 Å². The Hall–Kier alpha value is -2.05. The molecule has 1 heterocycles. The second kappa shape index (κ2) is 6.22. The lowest BCUT2D eigenvalue weighted by Gasteiger charge is -2.34. The minimum Gasteiger partial charge on any atom is -0.497 e. The molecule has 1 unspecified atom stereocenters. The number of benzene rings is 2. The molecule has 0 N–H and O–H groups in total. The predicted octanol–water partition coefficient (Wildman–Crippen LogP) is 2.98. The molecular formula is C17H19NO4S. The van der Waals surface area contributed by atoms with Gasteiger partial charge in [0.1, 0.15) is 5.75 Å². The number of hydrogen-bond acceptors (Lipinski definition) is 4. The SMILES string of the molecule is COc1ccc(S(=O)(=O)N2CCC(OC)c3ccccc32)cc1. The molecule has 5 nitrogen and oxygen atoms in total. The number of rotatable bonds is 4. The fourth-order valence-corrected chi connectivity index (χ4v) is 4.37. The quantitative estimate of drug-likeness (QED) is 0.863. The minimum atomic E-state index is -3.61. The highest BCUT2D eigenvalue weighted by Gasteiger charge is 2.32. The van der Waals surface area contributed by atoms with E-state index in [0.29, 0.717) is 24.4 Å². The lowest BCUT2D eigenvalue weighted by Crippen LogP contribution is -2.37. The summed E-state index contributed by atoms with van der Waals surface area (Å²) in [6, 6.07) is 13.9. The van der Waals surface area contributed by atoms with E-state index >= 15 is 0 Å². The molecule has 3 rings (SSSR count). The third-order valence-corrected chi connectivity index (χ3v) is 5.91. The number of hydrogen-bond donors (Lipinski definition) is 0. The number of sulfonamides is 1. The van der Waals surface area contributed by atoms with Gasteiger partial charge in [0.25, 0.3) is 10.0 Å². The van der Waals surface area contributed by atoms with Crippen molar-refractivity contribution < 1.29 is 17.9 Å². The Labute approximate surface area is 136 Å². The van der Waals surface area contributed by atoms with Crippen molar-refractivity contribution >= 4 is 15.7 Å². The summed E-state index contributed by atoms with van der Waals surface area (Å²) in [4.78, 5) is 0.254. The standard InChI is InChI=1S/C17H19NO4S/c1-21-13-7-9-14(10-8-13)23(19,20)18-12-11-17(22-2)15-5-3-4-6-16(15)18/h3-10,17H,11-12H2,1-2H3. The summed E-state index contributed by atoms with van der Waals surface area (Å²) in [5, 5.41) is 0. The molecule has 0 saturated carbocycles. The third-order valence-electron chi connectivity index (χ3n) is 4.08.